The van der Waals surface area contributed by atoms with Crippen LogP contribution in [0.25, 0.3) is 0 Å². The van der Waals surface area contributed by atoms with Crippen LogP contribution in [0, 0.1) is 0 Å². The lowest BCUT2D eigenvalue weighted by atomic mass is 9.93. The normalized spacial score (nSPS) is 17.5. The average molecular weight is 724 g/mol. The molecule has 0 N–H and O–H groups in total. The Kier molecular flexibility index (Phi) is 15.6. The van der Waals surface area contributed by atoms with Crippen LogP contribution in [0.2, 0.25) is 0 Å². The van der Waals surface area contributed by atoms with Crippen molar-refractivity contribution < 1.29 is 38.1 Å². The van der Waals surface area contributed by atoms with Crippen molar-refractivity contribution in [3.05, 3.63) is 59.7 Å². The molecule has 0 bridgehead atoms. The van der Waals surface area contributed by atoms with Crippen LogP contribution in [-0.4, -0.2) is 110 Å². The molecule has 2 aromatic rings. The Hall–Kier alpha value is -3.83. The number of amides is 3. The fraction of sp³-hybridized carbons (Fsp3) is 0.634. The van der Waals surface area contributed by atoms with Gasteiger partial charge in [-0.25, -0.2) is 4.79 Å². The number of rotatable bonds is 19. The first-order valence-corrected chi connectivity index (χ1v) is 18.9. The summed E-state index contributed by atoms with van der Waals surface area (Å²) in [5.74, 6) is 1.06. The molecule has 2 atom stereocenters. The Morgan fingerprint density at radius 2 is 1.62 bits per heavy atom. The molecule has 1 heterocycles. The number of carbonyl (C=O) groups excluding carboxylic acids is 3. The largest absolute Gasteiger partial charge is 0.493 e. The number of carbonyl (C=O) groups is 3. The standard InChI is InChI=1S/C41H61N3O8/c1-30(2)44(39(46)32-16-21-36(49-7)37(27-32)51-26-12-24-48-6)35-20-19-34(43(28-35)40(47)52-41(3,4)5)22-23-42(33-17-18-33)38(45)15-11-25-50-29-31-13-9-8-10-14-31/h8-10,13-14,16,21,27,30,33-35H,11-12,15,17-20,22-26,28-29H2,1-7H3/t34-,35+/m0/s1. The number of hydrogen-bond acceptors (Lipinski definition) is 8. The number of methoxy groups -OCH3 is 2. The first-order valence-electron chi connectivity index (χ1n) is 18.9. The van der Waals surface area contributed by atoms with E-state index in [1.165, 1.54) is 0 Å². The predicted molar refractivity (Wildman–Crippen MR) is 201 cm³/mol. The minimum absolute atomic E-state index is 0.119. The van der Waals surface area contributed by atoms with Crippen molar-refractivity contribution in [2.24, 2.45) is 0 Å². The number of benzene rings is 2. The molecule has 1 saturated carbocycles. The van der Waals surface area contributed by atoms with E-state index in [-0.39, 0.29) is 36.0 Å². The molecule has 2 aliphatic rings. The lowest BCUT2D eigenvalue weighted by Gasteiger charge is -2.45. The third-order valence-corrected chi connectivity index (χ3v) is 9.46. The van der Waals surface area contributed by atoms with Gasteiger partial charge in [-0.2, -0.15) is 0 Å². The van der Waals surface area contributed by atoms with Gasteiger partial charge in [-0.1, -0.05) is 30.3 Å². The van der Waals surface area contributed by atoms with E-state index in [1.807, 2.05) is 74.8 Å². The second-order valence-corrected chi connectivity index (χ2v) is 15.1. The second-order valence-electron chi connectivity index (χ2n) is 15.1. The van der Waals surface area contributed by atoms with Gasteiger partial charge < -0.3 is 38.4 Å². The van der Waals surface area contributed by atoms with E-state index in [2.05, 4.69) is 0 Å². The molecule has 4 rings (SSSR count). The molecule has 1 aliphatic carbocycles. The summed E-state index contributed by atoms with van der Waals surface area (Å²) in [5, 5.41) is 0. The van der Waals surface area contributed by atoms with Crippen molar-refractivity contribution >= 4 is 17.9 Å². The van der Waals surface area contributed by atoms with E-state index in [9.17, 15) is 14.4 Å². The van der Waals surface area contributed by atoms with Gasteiger partial charge in [0, 0.05) is 69.9 Å². The minimum atomic E-state index is -0.677. The van der Waals surface area contributed by atoms with Gasteiger partial charge >= 0.3 is 6.09 Å². The van der Waals surface area contributed by atoms with Crippen LogP contribution in [-0.2, 0) is 25.6 Å². The average Bonchev–Trinajstić information content (AvgIpc) is 3.95. The summed E-state index contributed by atoms with van der Waals surface area (Å²) in [7, 11) is 3.22. The van der Waals surface area contributed by atoms with Gasteiger partial charge in [-0.3, -0.25) is 9.59 Å². The van der Waals surface area contributed by atoms with E-state index >= 15 is 0 Å². The molecular weight excluding hydrogens is 662 g/mol. The Labute approximate surface area is 310 Å². The Bertz CT molecular complexity index is 1420. The maximum Gasteiger partial charge on any atom is 0.410 e. The third-order valence-electron chi connectivity index (χ3n) is 9.46. The molecule has 3 amide bonds. The van der Waals surface area contributed by atoms with Crippen LogP contribution in [0.4, 0.5) is 4.79 Å². The third kappa shape index (κ3) is 12.4. The highest BCUT2D eigenvalue weighted by atomic mass is 16.6. The number of hydrogen-bond donors (Lipinski definition) is 0. The van der Waals surface area contributed by atoms with Crippen LogP contribution >= 0.6 is 0 Å². The molecule has 52 heavy (non-hydrogen) atoms. The highest BCUT2D eigenvalue weighted by Crippen LogP contribution is 2.33. The summed E-state index contributed by atoms with van der Waals surface area (Å²) in [6.07, 6.45) is 5.49. The summed E-state index contributed by atoms with van der Waals surface area (Å²) in [6, 6.07) is 15.1. The molecule has 0 radical (unpaired) electrons. The molecule has 0 aromatic heterocycles. The number of nitrogens with zero attached hydrogens (tertiary/aromatic N) is 3. The Morgan fingerprint density at radius 3 is 2.27 bits per heavy atom. The molecular formula is C41H61N3O8. The maximum absolute atomic E-state index is 14.2. The number of piperidine rings is 1. The number of likely N-dealkylation sites (tertiary alicyclic amines) is 1. The molecule has 288 valence electrons. The smallest absolute Gasteiger partial charge is 0.410 e. The predicted octanol–water partition coefficient (Wildman–Crippen LogP) is 7.11. The fourth-order valence-electron chi connectivity index (χ4n) is 6.78. The molecule has 0 unspecified atom stereocenters. The maximum atomic E-state index is 14.2. The lowest BCUT2D eigenvalue weighted by molar-refractivity contribution is -0.132. The van der Waals surface area contributed by atoms with Gasteiger partial charge in [0.2, 0.25) is 5.91 Å². The molecule has 11 heteroatoms. The highest BCUT2D eigenvalue weighted by Gasteiger charge is 2.40. The summed E-state index contributed by atoms with van der Waals surface area (Å²) >= 11 is 0. The van der Waals surface area contributed by atoms with Crippen molar-refractivity contribution in [2.75, 3.05) is 47.1 Å². The van der Waals surface area contributed by atoms with Crippen molar-refractivity contribution in [2.45, 2.75) is 122 Å². The topological polar surface area (TPSA) is 107 Å². The van der Waals surface area contributed by atoms with Crippen LogP contribution in [0.5, 0.6) is 11.5 Å². The SMILES string of the molecule is COCCCOc1cc(C(=O)N(C(C)C)[C@@H]2CC[C@@H](CCN(C(=O)CCCOCc3ccccc3)C3CC3)N(C(=O)OC(C)(C)C)C2)ccc1OC. The van der Waals surface area contributed by atoms with Crippen molar-refractivity contribution in [3.8, 4) is 11.5 Å². The van der Waals surface area contributed by atoms with Gasteiger partial charge in [-0.05, 0) is 96.9 Å². The van der Waals surface area contributed by atoms with E-state index in [4.69, 9.17) is 23.7 Å². The quantitative estimate of drug-likeness (QED) is 0.141. The van der Waals surface area contributed by atoms with Crippen molar-refractivity contribution in [1.82, 2.24) is 14.7 Å². The Balaban J connectivity index is 1.42. The van der Waals surface area contributed by atoms with E-state index < -0.39 is 11.7 Å². The fourth-order valence-corrected chi connectivity index (χ4v) is 6.78. The Morgan fingerprint density at radius 1 is 0.885 bits per heavy atom. The summed E-state index contributed by atoms with van der Waals surface area (Å²) < 4.78 is 28.3. The van der Waals surface area contributed by atoms with E-state index in [0.717, 1.165) is 24.8 Å². The van der Waals surface area contributed by atoms with Crippen LogP contribution in [0.3, 0.4) is 0 Å². The van der Waals surface area contributed by atoms with Crippen LogP contribution in [0.15, 0.2) is 48.5 Å². The summed E-state index contributed by atoms with van der Waals surface area (Å²) in [5.41, 5.74) is 0.933. The molecule has 2 fully saturated rings. The van der Waals surface area contributed by atoms with Gasteiger partial charge in [0.25, 0.3) is 5.91 Å². The monoisotopic (exact) mass is 723 g/mol. The first-order chi connectivity index (χ1) is 24.9. The van der Waals surface area contributed by atoms with Crippen molar-refractivity contribution in [3.63, 3.8) is 0 Å². The first kappa shape index (κ1) is 40.9. The molecule has 1 aliphatic heterocycles. The number of ether oxygens (including phenoxy) is 5. The summed E-state index contributed by atoms with van der Waals surface area (Å²) in [4.78, 5) is 47.1. The van der Waals surface area contributed by atoms with E-state index in [0.29, 0.717) is 88.7 Å². The zero-order chi connectivity index (χ0) is 37.7. The highest BCUT2D eigenvalue weighted by molar-refractivity contribution is 5.95. The zero-order valence-corrected chi connectivity index (χ0v) is 32.4. The zero-order valence-electron chi connectivity index (χ0n) is 32.4. The van der Waals surface area contributed by atoms with Crippen molar-refractivity contribution in [1.29, 1.82) is 0 Å². The molecule has 11 nitrogen and oxygen atoms in total. The second kappa shape index (κ2) is 19.9. The minimum Gasteiger partial charge on any atom is -0.493 e. The molecule has 2 aromatic carbocycles. The van der Waals surface area contributed by atoms with E-state index in [1.54, 1.807) is 37.3 Å². The van der Waals surface area contributed by atoms with Crippen LogP contribution < -0.4 is 9.47 Å². The molecule has 0 spiro atoms. The van der Waals surface area contributed by atoms with Gasteiger partial charge in [-0.15, -0.1) is 0 Å². The van der Waals surface area contributed by atoms with Gasteiger partial charge in [0.1, 0.15) is 5.60 Å². The lowest BCUT2D eigenvalue weighted by Crippen LogP contribution is -2.58. The van der Waals surface area contributed by atoms with Gasteiger partial charge in [0.05, 0.1) is 26.4 Å². The molecule has 1 saturated heterocycles. The van der Waals surface area contributed by atoms with Crippen LogP contribution in [0.1, 0.15) is 102 Å². The van der Waals surface area contributed by atoms with Gasteiger partial charge in [0.15, 0.2) is 11.5 Å². The summed E-state index contributed by atoms with van der Waals surface area (Å²) in [6.45, 7) is 12.6.